The number of fused-ring (bicyclic) bond motifs is 1. The predicted octanol–water partition coefficient (Wildman–Crippen LogP) is 7.70. The number of hydrogen-bond donors (Lipinski definition) is 5. The number of amides is 1. The van der Waals surface area contributed by atoms with Gasteiger partial charge in [0.1, 0.15) is 16.3 Å². The monoisotopic (exact) mass is 758 g/mol. The van der Waals surface area contributed by atoms with E-state index < -0.39 is 55.8 Å². The van der Waals surface area contributed by atoms with Crippen molar-refractivity contribution >= 4 is 84.6 Å². The maximum Gasteiger partial charge on any atom is 0.355 e. The SMILES string of the molecule is O=C(O)C1=NN(c2ccccc2)C(=O)C1/N=N/c1ccc(/N=N/c2c(SOOO)cc3cc(S(=O)(=O)O)c(/N=N/c4ccccc4)c(O)c3c2O)cc1. The first kappa shape index (κ1) is 36.3. The molecule has 19 nitrogen and oxygen atoms in total. The molecule has 53 heavy (non-hydrogen) atoms. The van der Waals surface area contributed by atoms with Gasteiger partial charge in [-0.05, 0) is 66.0 Å². The lowest BCUT2D eigenvalue weighted by molar-refractivity contribution is -0.432. The van der Waals surface area contributed by atoms with Crippen LogP contribution >= 0.6 is 12.0 Å². The van der Waals surface area contributed by atoms with Crippen molar-refractivity contribution < 1.29 is 52.5 Å². The average Bonchev–Trinajstić information content (AvgIpc) is 3.48. The van der Waals surface area contributed by atoms with Gasteiger partial charge in [-0.2, -0.15) is 39.0 Å². The number of azo groups is 3. The summed E-state index contributed by atoms with van der Waals surface area (Å²) in [6.45, 7) is 0. The average molecular weight is 759 g/mol. The number of phenols is 2. The van der Waals surface area contributed by atoms with E-state index >= 15 is 0 Å². The van der Waals surface area contributed by atoms with Crippen LogP contribution in [0.1, 0.15) is 0 Å². The number of para-hydroxylation sites is 1. The van der Waals surface area contributed by atoms with E-state index in [1.807, 2.05) is 0 Å². The van der Waals surface area contributed by atoms with Gasteiger partial charge in [0.25, 0.3) is 16.0 Å². The number of carbonyl (C=O) groups excluding carboxylic acids is 1. The first-order valence-corrected chi connectivity index (χ1v) is 16.9. The number of benzene rings is 5. The number of nitrogens with zero attached hydrogens (tertiary/aromatic N) is 8. The van der Waals surface area contributed by atoms with Gasteiger partial charge in [-0.1, -0.05) is 41.4 Å². The summed E-state index contributed by atoms with van der Waals surface area (Å²) in [7, 11) is -4.99. The molecule has 21 heteroatoms. The Morgan fingerprint density at radius 1 is 0.792 bits per heavy atom. The van der Waals surface area contributed by atoms with E-state index in [1.54, 1.807) is 60.7 Å². The zero-order chi connectivity index (χ0) is 37.7. The van der Waals surface area contributed by atoms with Crippen molar-refractivity contribution in [2.75, 3.05) is 5.01 Å². The highest BCUT2D eigenvalue weighted by Crippen LogP contribution is 2.51. The van der Waals surface area contributed by atoms with Gasteiger partial charge >= 0.3 is 5.97 Å². The van der Waals surface area contributed by atoms with Crippen molar-refractivity contribution in [3.05, 3.63) is 97.1 Å². The topological polar surface area (TPSA) is 278 Å². The van der Waals surface area contributed by atoms with Gasteiger partial charge in [-0.25, -0.2) is 10.1 Å². The molecule has 1 heterocycles. The number of carboxylic acids is 1. The Bertz CT molecular complexity index is 2450. The number of hydrogen-bond acceptors (Lipinski definition) is 17. The minimum atomic E-state index is -4.99. The molecule has 1 amide bonds. The van der Waals surface area contributed by atoms with Crippen LogP contribution in [0.15, 0.2) is 143 Å². The Labute approximate surface area is 301 Å². The Morgan fingerprint density at radius 2 is 1.36 bits per heavy atom. The third kappa shape index (κ3) is 7.89. The van der Waals surface area contributed by atoms with Crippen LogP contribution in [0.3, 0.4) is 0 Å². The molecule has 1 aliphatic rings. The molecule has 1 aliphatic heterocycles. The number of hydrazone groups is 1. The smallest absolute Gasteiger partial charge is 0.355 e. The molecule has 5 N–H and O–H groups in total. The number of aromatic hydroxyl groups is 2. The van der Waals surface area contributed by atoms with E-state index in [-0.39, 0.29) is 38.4 Å². The molecular weight excluding hydrogens is 737 g/mol. The van der Waals surface area contributed by atoms with Crippen LogP contribution in [0.25, 0.3) is 10.8 Å². The Morgan fingerprint density at radius 3 is 1.96 bits per heavy atom. The largest absolute Gasteiger partial charge is 0.505 e. The molecule has 5 aromatic carbocycles. The van der Waals surface area contributed by atoms with Crippen LogP contribution in [-0.2, 0) is 29.1 Å². The Hall–Kier alpha value is -6.49. The normalized spacial score (nSPS) is 15.0. The second-order valence-corrected chi connectivity index (χ2v) is 12.7. The maximum atomic E-state index is 13.0. The van der Waals surface area contributed by atoms with Crippen molar-refractivity contribution in [1.29, 1.82) is 0 Å². The van der Waals surface area contributed by atoms with E-state index in [1.165, 1.54) is 30.3 Å². The number of rotatable bonds is 12. The third-order valence-corrected chi connectivity index (χ3v) is 8.72. The molecule has 1 atom stereocenters. The summed E-state index contributed by atoms with van der Waals surface area (Å²) in [5.41, 5.74) is -0.516. The van der Waals surface area contributed by atoms with Crippen LogP contribution in [0, 0.1) is 0 Å². The number of carboxylic acid groups (broad SMARTS) is 1. The summed E-state index contributed by atoms with van der Waals surface area (Å²) in [5, 5.41) is 72.6. The quantitative estimate of drug-likeness (QED) is 0.0269. The minimum absolute atomic E-state index is 0.0979. The van der Waals surface area contributed by atoms with Crippen molar-refractivity contribution in [3.63, 3.8) is 0 Å². The molecule has 0 fully saturated rings. The number of phenolic OH excluding ortho intramolecular Hbond substituents is 2. The molecule has 0 spiro atoms. The predicted molar refractivity (Wildman–Crippen MR) is 186 cm³/mol. The fraction of sp³-hybridized carbons (Fsp3) is 0.0312. The Kier molecular flexibility index (Phi) is 10.6. The molecule has 6 rings (SSSR count). The summed E-state index contributed by atoms with van der Waals surface area (Å²) in [6, 6.07) is 22.6. The summed E-state index contributed by atoms with van der Waals surface area (Å²) in [6.07, 6.45) is 0. The lowest BCUT2D eigenvalue weighted by atomic mass is 10.1. The fourth-order valence-electron chi connectivity index (χ4n) is 4.85. The van der Waals surface area contributed by atoms with Crippen molar-refractivity contribution in [3.8, 4) is 11.5 Å². The molecule has 5 aromatic rings. The molecule has 0 saturated heterocycles. The lowest BCUT2D eigenvalue weighted by Crippen LogP contribution is -2.32. The third-order valence-electron chi connectivity index (χ3n) is 7.24. The van der Waals surface area contributed by atoms with E-state index in [2.05, 4.69) is 45.2 Å². The summed E-state index contributed by atoms with van der Waals surface area (Å²) in [5.74, 6) is -3.77. The van der Waals surface area contributed by atoms with Gasteiger partial charge in [0.2, 0.25) is 6.04 Å². The highest BCUT2D eigenvalue weighted by atomic mass is 32.2. The maximum absolute atomic E-state index is 13.0. The highest BCUT2D eigenvalue weighted by molar-refractivity contribution is 7.94. The zero-order valence-electron chi connectivity index (χ0n) is 26.4. The van der Waals surface area contributed by atoms with Crippen LogP contribution < -0.4 is 5.01 Å². The van der Waals surface area contributed by atoms with Gasteiger partial charge in [-0.3, -0.25) is 9.35 Å². The second kappa shape index (κ2) is 15.4. The highest BCUT2D eigenvalue weighted by Gasteiger charge is 2.41. The van der Waals surface area contributed by atoms with Crippen LogP contribution in [0.2, 0.25) is 0 Å². The van der Waals surface area contributed by atoms with Gasteiger partial charge in [0.05, 0.1) is 45.1 Å². The van der Waals surface area contributed by atoms with Crippen LogP contribution in [0.5, 0.6) is 11.5 Å². The first-order valence-electron chi connectivity index (χ1n) is 14.7. The van der Waals surface area contributed by atoms with E-state index in [0.29, 0.717) is 17.7 Å². The van der Waals surface area contributed by atoms with E-state index in [9.17, 15) is 37.9 Å². The van der Waals surface area contributed by atoms with Crippen molar-refractivity contribution in [2.24, 2.45) is 35.8 Å². The van der Waals surface area contributed by atoms with Crippen molar-refractivity contribution in [1.82, 2.24) is 0 Å². The molecular formula is C32H22N8O11S2. The van der Waals surface area contributed by atoms with Crippen molar-refractivity contribution in [2.45, 2.75) is 15.8 Å². The number of aliphatic carboxylic acids is 1. The minimum Gasteiger partial charge on any atom is -0.505 e. The summed E-state index contributed by atoms with van der Waals surface area (Å²) in [4.78, 5) is 23.8. The summed E-state index contributed by atoms with van der Waals surface area (Å²) < 4.78 is 39.0. The molecule has 268 valence electrons. The molecule has 0 saturated carbocycles. The van der Waals surface area contributed by atoms with Gasteiger partial charge in [0, 0.05) is 0 Å². The molecule has 0 aromatic heterocycles. The zero-order valence-corrected chi connectivity index (χ0v) is 28.0. The van der Waals surface area contributed by atoms with E-state index in [0.717, 1.165) is 11.1 Å². The first-order chi connectivity index (χ1) is 25.5. The number of anilines is 1. The van der Waals surface area contributed by atoms with Gasteiger partial charge in [-0.15, -0.1) is 14.6 Å². The van der Waals surface area contributed by atoms with Crippen LogP contribution in [0.4, 0.5) is 34.1 Å². The summed E-state index contributed by atoms with van der Waals surface area (Å²) >= 11 is 0.333. The molecule has 0 radical (unpaired) electrons. The number of carbonyl (C=O) groups is 2. The standard InChI is InChI=1S/C32H22N8O11S2/c41-29-24-17(16-23(53(47,48)49)26(30(24)42)37-33-18-7-3-1-4-8-18)15-22(52-51-50-46)25(29)36-34-19-11-13-20(14-12-19)35-38-27-28(32(44)45)39-40(31(27)43)21-9-5-2-6-10-21/h1-16,27,41-42,46H,(H,44,45)(H,47,48,49)/b36-34+,37-33+,38-35+. The molecule has 0 aliphatic carbocycles. The van der Waals surface area contributed by atoms with Crippen LogP contribution in [-0.4, -0.2) is 57.2 Å². The van der Waals surface area contributed by atoms with Gasteiger partial charge in [0.15, 0.2) is 17.2 Å². The fourth-order valence-corrected chi connectivity index (χ4v) is 6.00. The molecule has 1 unspecified atom stereocenters. The lowest BCUT2D eigenvalue weighted by Gasteiger charge is -2.13. The van der Waals surface area contributed by atoms with E-state index in [4.69, 9.17) is 5.26 Å². The molecule has 0 bridgehead atoms. The second-order valence-electron chi connectivity index (χ2n) is 10.6. The van der Waals surface area contributed by atoms with Gasteiger partial charge < -0.3 is 15.3 Å². The Balaban J connectivity index is 1.32.